The van der Waals surface area contributed by atoms with Crippen molar-refractivity contribution in [2.24, 2.45) is 0 Å². The molecule has 1 atom stereocenters. The van der Waals surface area contributed by atoms with Crippen molar-refractivity contribution < 1.29 is 13.2 Å². The van der Waals surface area contributed by atoms with Gasteiger partial charge in [-0.2, -0.15) is 0 Å². The highest BCUT2D eigenvalue weighted by molar-refractivity contribution is 7.89. The average molecular weight is 346 g/mol. The van der Waals surface area contributed by atoms with Crippen LogP contribution in [0.3, 0.4) is 0 Å². The van der Waals surface area contributed by atoms with E-state index in [9.17, 15) is 13.2 Å². The topological polar surface area (TPSA) is 75.3 Å². The van der Waals surface area contributed by atoms with E-state index in [1.165, 1.54) is 6.07 Å². The lowest BCUT2D eigenvalue weighted by atomic mass is 10.1. The molecule has 0 aromatic heterocycles. The van der Waals surface area contributed by atoms with E-state index >= 15 is 0 Å². The Kier molecular flexibility index (Phi) is 5.75. The molecule has 0 bridgehead atoms. The van der Waals surface area contributed by atoms with Crippen LogP contribution >= 0.6 is 0 Å². The minimum atomic E-state index is -3.55. The van der Waals surface area contributed by atoms with Gasteiger partial charge in [0.2, 0.25) is 10.0 Å². The zero-order chi connectivity index (χ0) is 17.7. The maximum absolute atomic E-state index is 12.3. The third-order valence-corrected chi connectivity index (χ3v) is 5.35. The fraction of sp³-hybridized carbons (Fsp3) is 0.278. The molecule has 1 amide bonds. The zero-order valence-corrected chi connectivity index (χ0v) is 14.9. The largest absolute Gasteiger partial charge is 0.322 e. The number of nitrogens with one attached hydrogen (secondary N) is 2. The maximum atomic E-state index is 12.3. The summed E-state index contributed by atoms with van der Waals surface area (Å²) in [6, 6.07) is 13.4. The van der Waals surface area contributed by atoms with Gasteiger partial charge in [-0.25, -0.2) is 13.1 Å². The lowest BCUT2D eigenvalue weighted by Crippen LogP contribution is -2.32. The number of carbonyl (C=O) groups excluding carboxylic acids is 1. The third-order valence-electron chi connectivity index (χ3n) is 3.76. The van der Waals surface area contributed by atoms with E-state index in [1.54, 1.807) is 43.3 Å². The van der Waals surface area contributed by atoms with Gasteiger partial charge in [-0.05, 0) is 56.2 Å². The first-order valence-corrected chi connectivity index (χ1v) is 9.31. The Hall–Kier alpha value is -2.18. The lowest BCUT2D eigenvalue weighted by Gasteiger charge is -2.14. The van der Waals surface area contributed by atoms with Crippen LogP contribution < -0.4 is 10.0 Å². The minimum absolute atomic E-state index is 0.132. The van der Waals surface area contributed by atoms with Crippen LogP contribution in [0.2, 0.25) is 0 Å². The van der Waals surface area contributed by atoms with Crippen molar-refractivity contribution in [3.8, 4) is 0 Å². The molecule has 0 saturated carbocycles. The lowest BCUT2D eigenvalue weighted by molar-refractivity contribution is 0.102. The summed E-state index contributed by atoms with van der Waals surface area (Å²) in [7, 11) is -3.55. The Balaban J connectivity index is 2.20. The van der Waals surface area contributed by atoms with E-state index in [1.807, 2.05) is 19.9 Å². The number of aryl methyl sites for hydroxylation is 1. The number of amides is 1. The van der Waals surface area contributed by atoms with Crippen LogP contribution in [0.1, 0.15) is 36.2 Å². The third kappa shape index (κ3) is 4.43. The van der Waals surface area contributed by atoms with Gasteiger partial charge in [0.15, 0.2) is 0 Å². The summed E-state index contributed by atoms with van der Waals surface area (Å²) in [4.78, 5) is 12.4. The quantitative estimate of drug-likeness (QED) is 0.842. The Morgan fingerprint density at radius 3 is 2.38 bits per heavy atom. The van der Waals surface area contributed by atoms with E-state index in [0.717, 1.165) is 0 Å². The molecule has 2 aromatic carbocycles. The highest BCUT2D eigenvalue weighted by atomic mass is 32.2. The fourth-order valence-electron chi connectivity index (χ4n) is 2.14. The SMILES string of the molecule is CC[C@H](C)NS(=O)(=O)c1ccc(NC(=O)c2ccccc2)c(C)c1. The van der Waals surface area contributed by atoms with E-state index in [2.05, 4.69) is 10.0 Å². The molecule has 2 rings (SSSR count). The molecule has 128 valence electrons. The van der Waals surface area contributed by atoms with Crippen LogP contribution in [0.25, 0.3) is 0 Å². The predicted octanol–water partition coefficient (Wildman–Crippen LogP) is 3.32. The van der Waals surface area contributed by atoms with Gasteiger partial charge >= 0.3 is 0 Å². The van der Waals surface area contributed by atoms with Crippen LogP contribution in [0.4, 0.5) is 5.69 Å². The van der Waals surface area contributed by atoms with Crippen molar-refractivity contribution >= 4 is 21.6 Å². The first kappa shape index (κ1) is 18.2. The predicted molar refractivity (Wildman–Crippen MR) is 95.6 cm³/mol. The molecule has 24 heavy (non-hydrogen) atoms. The molecular weight excluding hydrogens is 324 g/mol. The summed E-state index contributed by atoms with van der Waals surface area (Å²) in [6.07, 6.45) is 0.712. The Bertz CT molecular complexity index is 817. The molecule has 0 saturated heterocycles. The fourth-order valence-corrected chi connectivity index (χ4v) is 3.56. The van der Waals surface area contributed by atoms with Crippen LogP contribution in [0, 0.1) is 6.92 Å². The Morgan fingerprint density at radius 2 is 1.79 bits per heavy atom. The highest BCUT2D eigenvalue weighted by Gasteiger charge is 2.18. The molecule has 0 spiro atoms. The molecule has 5 nitrogen and oxygen atoms in total. The van der Waals surface area contributed by atoms with Gasteiger partial charge in [0.05, 0.1) is 4.90 Å². The standard InChI is InChI=1S/C18H22N2O3S/c1-4-14(3)20-24(22,23)16-10-11-17(13(2)12-16)19-18(21)15-8-6-5-7-9-15/h5-12,14,20H,4H2,1-3H3,(H,19,21)/t14-/m0/s1. The molecule has 0 aliphatic heterocycles. The van der Waals surface area contributed by atoms with Crippen LogP contribution in [0.5, 0.6) is 0 Å². The number of sulfonamides is 1. The number of rotatable bonds is 6. The molecule has 2 N–H and O–H groups in total. The van der Waals surface area contributed by atoms with Gasteiger partial charge in [0, 0.05) is 17.3 Å². The number of carbonyl (C=O) groups is 1. The van der Waals surface area contributed by atoms with Crippen molar-refractivity contribution in [3.05, 3.63) is 59.7 Å². The van der Waals surface area contributed by atoms with Crippen LogP contribution in [0.15, 0.2) is 53.4 Å². The Labute approximate surface area is 143 Å². The van der Waals surface area contributed by atoms with E-state index in [-0.39, 0.29) is 16.8 Å². The number of anilines is 1. The Morgan fingerprint density at radius 1 is 1.12 bits per heavy atom. The second-order valence-electron chi connectivity index (χ2n) is 5.73. The number of hydrogen-bond donors (Lipinski definition) is 2. The first-order chi connectivity index (χ1) is 11.3. The minimum Gasteiger partial charge on any atom is -0.322 e. The molecule has 6 heteroatoms. The number of hydrogen-bond acceptors (Lipinski definition) is 3. The molecule has 0 unspecified atom stereocenters. The molecule has 0 radical (unpaired) electrons. The second kappa shape index (κ2) is 7.59. The van der Waals surface area contributed by atoms with Gasteiger partial charge in [0.25, 0.3) is 5.91 Å². The maximum Gasteiger partial charge on any atom is 0.255 e. The van der Waals surface area contributed by atoms with Gasteiger partial charge < -0.3 is 5.32 Å². The summed E-state index contributed by atoms with van der Waals surface area (Å²) in [5.74, 6) is -0.230. The number of benzene rings is 2. The first-order valence-electron chi connectivity index (χ1n) is 7.83. The average Bonchev–Trinajstić information content (AvgIpc) is 2.56. The second-order valence-corrected chi connectivity index (χ2v) is 7.44. The summed E-state index contributed by atoms with van der Waals surface area (Å²) in [5, 5.41) is 2.80. The van der Waals surface area contributed by atoms with Gasteiger partial charge in [0.1, 0.15) is 0 Å². The summed E-state index contributed by atoms with van der Waals surface area (Å²) >= 11 is 0. The van der Waals surface area contributed by atoms with E-state index in [4.69, 9.17) is 0 Å². The summed E-state index contributed by atoms with van der Waals surface area (Å²) < 4.78 is 27.2. The smallest absolute Gasteiger partial charge is 0.255 e. The van der Waals surface area contributed by atoms with Crippen molar-refractivity contribution in [3.63, 3.8) is 0 Å². The van der Waals surface area contributed by atoms with Crippen molar-refractivity contribution in [2.45, 2.75) is 38.1 Å². The molecule has 0 aliphatic carbocycles. The molecule has 0 fully saturated rings. The van der Waals surface area contributed by atoms with Crippen molar-refractivity contribution in [1.82, 2.24) is 4.72 Å². The van der Waals surface area contributed by atoms with Gasteiger partial charge in [-0.3, -0.25) is 4.79 Å². The zero-order valence-electron chi connectivity index (χ0n) is 14.0. The molecule has 0 aliphatic rings. The normalized spacial score (nSPS) is 12.6. The van der Waals surface area contributed by atoms with Crippen molar-refractivity contribution in [2.75, 3.05) is 5.32 Å². The van der Waals surface area contributed by atoms with Crippen LogP contribution in [-0.4, -0.2) is 20.4 Å². The highest BCUT2D eigenvalue weighted by Crippen LogP contribution is 2.20. The summed E-state index contributed by atoms with van der Waals surface area (Å²) in [6.45, 7) is 5.50. The van der Waals surface area contributed by atoms with Crippen molar-refractivity contribution in [1.29, 1.82) is 0 Å². The monoisotopic (exact) mass is 346 g/mol. The van der Waals surface area contributed by atoms with Crippen LogP contribution in [-0.2, 0) is 10.0 Å². The molecule has 0 heterocycles. The molecular formula is C18H22N2O3S. The van der Waals surface area contributed by atoms with Gasteiger partial charge in [-0.1, -0.05) is 25.1 Å². The molecule has 2 aromatic rings. The van der Waals surface area contributed by atoms with E-state index in [0.29, 0.717) is 23.2 Å². The van der Waals surface area contributed by atoms with Gasteiger partial charge in [-0.15, -0.1) is 0 Å². The van der Waals surface area contributed by atoms with E-state index < -0.39 is 10.0 Å². The summed E-state index contributed by atoms with van der Waals surface area (Å²) in [5.41, 5.74) is 1.82.